The molecule has 0 heterocycles. The minimum Gasteiger partial charge on any atom is -0.356 e. The largest absolute Gasteiger partial charge is 0.356 e. The first-order chi connectivity index (χ1) is 6.38. The van der Waals surface area contributed by atoms with Gasteiger partial charge < -0.3 is 5.32 Å². The Hall–Kier alpha value is -0.0500. The number of alkyl halides is 1. The highest BCUT2D eigenvalue weighted by Crippen LogP contribution is 2.27. The fourth-order valence-electron chi connectivity index (χ4n) is 0.951. The van der Waals surface area contributed by atoms with E-state index in [1.54, 1.807) is 0 Å². The minimum absolute atomic E-state index is 0.174. The third-order valence-electron chi connectivity index (χ3n) is 2.60. The number of amides is 1. The molecule has 1 unspecified atom stereocenters. The lowest BCUT2D eigenvalue weighted by molar-refractivity contribution is -0.122. The van der Waals surface area contributed by atoms with Gasteiger partial charge in [-0.2, -0.15) is 0 Å². The SMILES string of the molecule is CC(CC(=O)NCCCBr)C(C)(C)C. The molecule has 14 heavy (non-hydrogen) atoms. The number of hydrogen-bond acceptors (Lipinski definition) is 1. The highest BCUT2D eigenvalue weighted by molar-refractivity contribution is 9.09. The van der Waals surface area contributed by atoms with Crippen LogP contribution < -0.4 is 5.32 Å². The zero-order valence-electron chi connectivity index (χ0n) is 9.69. The average molecular weight is 264 g/mol. The second-order valence-electron chi connectivity index (χ2n) is 4.86. The summed E-state index contributed by atoms with van der Waals surface area (Å²) in [5.74, 6) is 0.597. The van der Waals surface area contributed by atoms with Gasteiger partial charge in [-0.1, -0.05) is 43.6 Å². The maximum absolute atomic E-state index is 11.4. The van der Waals surface area contributed by atoms with E-state index in [0.29, 0.717) is 12.3 Å². The van der Waals surface area contributed by atoms with Crippen molar-refractivity contribution in [2.45, 2.75) is 40.5 Å². The van der Waals surface area contributed by atoms with E-state index in [2.05, 4.69) is 48.9 Å². The molecule has 0 aromatic rings. The van der Waals surface area contributed by atoms with E-state index in [9.17, 15) is 4.79 Å². The van der Waals surface area contributed by atoms with E-state index in [1.165, 1.54) is 0 Å². The van der Waals surface area contributed by atoms with Crippen LogP contribution in [0.2, 0.25) is 0 Å². The summed E-state index contributed by atoms with van der Waals surface area (Å²) in [6.07, 6.45) is 1.63. The average Bonchev–Trinajstić information content (AvgIpc) is 2.03. The molecule has 3 heteroatoms. The Balaban J connectivity index is 3.72. The molecule has 0 fully saturated rings. The van der Waals surface area contributed by atoms with E-state index in [-0.39, 0.29) is 11.3 Å². The molecule has 0 rings (SSSR count). The van der Waals surface area contributed by atoms with Crippen LogP contribution in [0.5, 0.6) is 0 Å². The molecular formula is C11H22BrNO. The highest BCUT2D eigenvalue weighted by Gasteiger charge is 2.22. The van der Waals surface area contributed by atoms with Gasteiger partial charge in [0.1, 0.15) is 0 Å². The number of nitrogens with one attached hydrogen (secondary N) is 1. The maximum Gasteiger partial charge on any atom is 0.220 e. The smallest absolute Gasteiger partial charge is 0.220 e. The van der Waals surface area contributed by atoms with Crippen LogP contribution in [0.15, 0.2) is 0 Å². The molecule has 0 aliphatic carbocycles. The van der Waals surface area contributed by atoms with Crippen molar-refractivity contribution >= 4 is 21.8 Å². The Morgan fingerprint density at radius 1 is 1.43 bits per heavy atom. The number of carbonyl (C=O) groups is 1. The number of rotatable bonds is 5. The molecule has 0 saturated carbocycles. The summed E-state index contributed by atoms with van der Waals surface area (Å²) in [5, 5.41) is 3.86. The van der Waals surface area contributed by atoms with Gasteiger partial charge in [0.15, 0.2) is 0 Å². The first kappa shape index (κ1) is 13.9. The fraction of sp³-hybridized carbons (Fsp3) is 0.909. The summed E-state index contributed by atoms with van der Waals surface area (Å²) in [6, 6.07) is 0. The summed E-state index contributed by atoms with van der Waals surface area (Å²) in [4.78, 5) is 11.4. The second kappa shape index (κ2) is 6.44. The molecule has 1 atom stereocenters. The van der Waals surface area contributed by atoms with E-state index >= 15 is 0 Å². The third kappa shape index (κ3) is 6.41. The van der Waals surface area contributed by atoms with Crippen LogP contribution in [-0.2, 0) is 4.79 Å². The van der Waals surface area contributed by atoms with Crippen molar-refractivity contribution in [3.63, 3.8) is 0 Å². The standard InChI is InChI=1S/C11H22BrNO/c1-9(11(2,3)4)8-10(14)13-7-5-6-12/h9H,5-8H2,1-4H3,(H,13,14). The summed E-state index contributed by atoms with van der Waals surface area (Å²) in [6.45, 7) is 9.42. The zero-order valence-corrected chi connectivity index (χ0v) is 11.3. The Morgan fingerprint density at radius 3 is 2.43 bits per heavy atom. The van der Waals surface area contributed by atoms with Crippen molar-refractivity contribution in [1.82, 2.24) is 5.32 Å². The predicted molar refractivity (Wildman–Crippen MR) is 64.7 cm³/mol. The normalized spacial score (nSPS) is 13.8. The number of halogens is 1. The molecule has 0 bridgehead atoms. The Morgan fingerprint density at radius 2 is 2.00 bits per heavy atom. The summed E-state index contributed by atoms with van der Waals surface area (Å²) >= 11 is 3.33. The molecule has 0 aliphatic rings. The molecule has 1 N–H and O–H groups in total. The second-order valence-corrected chi connectivity index (χ2v) is 5.66. The van der Waals surface area contributed by atoms with Gasteiger partial charge >= 0.3 is 0 Å². The molecule has 0 radical (unpaired) electrons. The lowest BCUT2D eigenvalue weighted by atomic mass is 9.80. The summed E-state index contributed by atoms with van der Waals surface area (Å²) in [5.41, 5.74) is 0.215. The fourth-order valence-corrected chi connectivity index (χ4v) is 1.23. The Kier molecular flexibility index (Phi) is 6.41. The van der Waals surface area contributed by atoms with Crippen LogP contribution in [0.25, 0.3) is 0 Å². The number of carbonyl (C=O) groups excluding carboxylic acids is 1. The van der Waals surface area contributed by atoms with Gasteiger partial charge in [0.25, 0.3) is 0 Å². The van der Waals surface area contributed by atoms with Crippen LogP contribution in [-0.4, -0.2) is 17.8 Å². The van der Waals surface area contributed by atoms with E-state index in [4.69, 9.17) is 0 Å². The van der Waals surface area contributed by atoms with Crippen LogP contribution >= 0.6 is 15.9 Å². The van der Waals surface area contributed by atoms with Crippen LogP contribution in [0, 0.1) is 11.3 Å². The van der Waals surface area contributed by atoms with Gasteiger partial charge in [-0.25, -0.2) is 0 Å². The van der Waals surface area contributed by atoms with Crippen LogP contribution in [0.4, 0.5) is 0 Å². The van der Waals surface area contributed by atoms with E-state index in [0.717, 1.165) is 18.3 Å². The maximum atomic E-state index is 11.4. The van der Waals surface area contributed by atoms with Crippen LogP contribution in [0.1, 0.15) is 40.5 Å². The molecule has 0 spiro atoms. The molecular weight excluding hydrogens is 242 g/mol. The van der Waals surface area contributed by atoms with E-state index in [1.807, 2.05) is 0 Å². The number of hydrogen-bond donors (Lipinski definition) is 1. The van der Waals surface area contributed by atoms with Gasteiger partial charge in [-0.05, 0) is 17.8 Å². The molecule has 0 aliphatic heterocycles. The molecule has 1 amide bonds. The van der Waals surface area contributed by atoms with Crippen molar-refractivity contribution in [3.05, 3.63) is 0 Å². The van der Waals surface area contributed by atoms with Crippen molar-refractivity contribution in [1.29, 1.82) is 0 Å². The van der Waals surface area contributed by atoms with E-state index < -0.39 is 0 Å². The first-order valence-electron chi connectivity index (χ1n) is 5.20. The predicted octanol–water partition coefficient (Wildman–Crippen LogP) is 2.96. The van der Waals surface area contributed by atoms with Crippen molar-refractivity contribution in [3.8, 4) is 0 Å². The van der Waals surface area contributed by atoms with Crippen molar-refractivity contribution in [2.75, 3.05) is 11.9 Å². The zero-order chi connectivity index (χ0) is 11.2. The van der Waals surface area contributed by atoms with Crippen molar-refractivity contribution < 1.29 is 4.79 Å². The highest BCUT2D eigenvalue weighted by atomic mass is 79.9. The van der Waals surface area contributed by atoms with Gasteiger partial charge in [-0.3, -0.25) is 4.79 Å². The van der Waals surface area contributed by atoms with Crippen molar-refractivity contribution in [2.24, 2.45) is 11.3 Å². The van der Waals surface area contributed by atoms with Crippen LogP contribution in [0.3, 0.4) is 0 Å². The molecule has 2 nitrogen and oxygen atoms in total. The summed E-state index contributed by atoms with van der Waals surface area (Å²) < 4.78 is 0. The minimum atomic E-state index is 0.174. The quantitative estimate of drug-likeness (QED) is 0.600. The third-order valence-corrected chi connectivity index (χ3v) is 3.16. The van der Waals surface area contributed by atoms with Gasteiger partial charge in [-0.15, -0.1) is 0 Å². The van der Waals surface area contributed by atoms with Gasteiger partial charge in [0.2, 0.25) is 5.91 Å². The summed E-state index contributed by atoms with van der Waals surface area (Å²) in [7, 11) is 0. The molecule has 0 saturated heterocycles. The Bertz CT molecular complexity index is 175. The molecule has 84 valence electrons. The monoisotopic (exact) mass is 263 g/mol. The lowest BCUT2D eigenvalue weighted by Crippen LogP contribution is -2.29. The topological polar surface area (TPSA) is 29.1 Å². The van der Waals surface area contributed by atoms with Gasteiger partial charge in [0.05, 0.1) is 0 Å². The van der Waals surface area contributed by atoms with Gasteiger partial charge in [0, 0.05) is 18.3 Å². The lowest BCUT2D eigenvalue weighted by Gasteiger charge is -2.26. The first-order valence-corrected chi connectivity index (χ1v) is 6.32. The molecule has 0 aromatic heterocycles. The molecule has 0 aromatic carbocycles. The Labute approximate surface area is 96.0 Å².